The Morgan fingerprint density at radius 1 is 1.29 bits per heavy atom. The predicted octanol–water partition coefficient (Wildman–Crippen LogP) is 1.49. The Morgan fingerprint density at radius 2 is 1.96 bits per heavy atom. The van der Waals surface area contributed by atoms with Gasteiger partial charge in [-0.3, -0.25) is 4.79 Å². The molecule has 1 saturated heterocycles. The van der Waals surface area contributed by atoms with Gasteiger partial charge in [-0.1, -0.05) is 13.8 Å². The molecule has 0 spiro atoms. The van der Waals surface area contributed by atoms with Crippen LogP contribution in [0, 0.1) is 5.92 Å². The van der Waals surface area contributed by atoms with Crippen molar-refractivity contribution in [1.82, 2.24) is 15.4 Å². The van der Waals surface area contributed by atoms with Crippen LogP contribution >= 0.6 is 0 Å². The van der Waals surface area contributed by atoms with Crippen LogP contribution in [0.15, 0.2) is 29.2 Å². The Labute approximate surface area is 144 Å². The third-order valence-electron chi connectivity index (χ3n) is 4.19. The quantitative estimate of drug-likeness (QED) is 0.723. The average Bonchev–Trinajstić information content (AvgIpc) is 2.55. The van der Waals surface area contributed by atoms with Crippen molar-refractivity contribution in [3.8, 4) is 0 Å². The molecule has 0 bridgehead atoms. The summed E-state index contributed by atoms with van der Waals surface area (Å²) in [6.45, 7) is 7.30. The van der Waals surface area contributed by atoms with E-state index in [1.807, 2.05) is 13.8 Å². The fourth-order valence-electron chi connectivity index (χ4n) is 2.64. The maximum atomic E-state index is 12.3. The molecule has 2 rings (SSSR count). The van der Waals surface area contributed by atoms with E-state index in [1.165, 1.54) is 12.1 Å². The molecule has 0 radical (unpaired) electrons. The highest BCUT2D eigenvalue weighted by atomic mass is 32.2. The minimum absolute atomic E-state index is 0.0994. The molecule has 1 aromatic carbocycles. The van der Waals surface area contributed by atoms with Crippen LogP contribution in [0.25, 0.3) is 0 Å². The van der Waals surface area contributed by atoms with Gasteiger partial charge in [0.1, 0.15) is 0 Å². The molecule has 1 fully saturated rings. The zero-order valence-electron chi connectivity index (χ0n) is 14.5. The van der Waals surface area contributed by atoms with Crippen LogP contribution in [0.2, 0.25) is 0 Å². The van der Waals surface area contributed by atoms with Crippen LogP contribution in [0.3, 0.4) is 0 Å². The van der Waals surface area contributed by atoms with Gasteiger partial charge < -0.3 is 10.6 Å². The highest BCUT2D eigenvalue weighted by Gasteiger charge is 2.23. The fraction of sp³-hybridized carbons (Fsp3) is 0.588. The Kier molecular flexibility index (Phi) is 6.37. The maximum Gasteiger partial charge on any atom is 0.251 e. The number of nitrogens with one attached hydrogen (secondary N) is 3. The first-order valence-electron chi connectivity index (χ1n) is 8.43. The Hall–Kier alpha value is -1.44. The zero-order valence-corrected chi connectivity index (χ0v) is 15.3. The van der Waals surface area contributed by atoms with Gasteiger partial charge in [0, 0.05) is 24.2 Å². The molecule has 3 N–H and O–H groups in total. The van der Waals surface area contributed by atoms with E-state index in [0.29, 0.717) is 12.1 Å². The highest BCUT2D eigenvalue weighted by molar-refractivity contribution is 7.89. The molecule has 1 aliphatic heterocycles. The smallest absolute Gasteiger partial charge is 0.251 e. The first-order valence-corrected chi connectivity index (χ1v) is 9.92. The van der Waals surface area contributed by atoms with Crippen LogP contribution < -0.4 is 15.4 Å². The average molecular weight is 353 g/mol. The van der Waals surface area contributed by atoms with Gasteiger partial charge in [-0.2, -0.15) is 0 Å². The van der Waals surface area contributed by atoms with Crippen LogP contribution in [0.5, 0.6) is 0 Å². The minimum atomic E-state index is -3.53. The SMILES string of the molecule is CC(C)CNS(=O)(=O)c1ccc(C(=O)NC2CCCNC2C)cc1. The highest BCUT2D eigenvalue weighted by Crippen LogP contribution is 2.13. The molecular formula is C17H27N3O3S. The number of rotatable bonds is 6. The van der Waals surface area contributed by atoms with E-state index >= 15 is 0 Å². The third-order valence-corrected chi connectivity index (χ3v) is 5.63. The van der Waals surface area contributed by atoms with Crippen LogP contribution in [0.4, 0.5) is 0 Å². The molecule has 1 heterocycles. The van der Waals surface area contributed by atoms with Crippen molar-refractivity contribution in [2.75, 3.05) is 13.1 Å². The summed E-state index contributed by atoms with van der Waals surface area (Å²) in [5, 5.41) is 6.36. The van der Waals surface area contributed by atoms with Crippen molar-refractivity contribution in [1.29, 1.82) is 0 Å². The van der Waals surface area contributed by atoms with Crippen LogP contribution in [0.1, 0.15) is 44.0 Å². The Balaban J connectivity index is 2.01. The minimum Gasteiger partial charge on any atom is -0.348 e. The van der Waals surface area contributed by atoms with Gasteiger partial charge in [0.25, 0.3) is 5.91 Å². The number of benzene rings is 1. The first-order chi connectivity index (χ1) is 11.3. The molecule has 0 aromatic heterocycles. The molecule has 134 valence electrons. The molecular weight excluding hydrogens is 326 g/mol. The van der Waals surface area contributed by atoms with E-state index in [4.69, 9.17) is 0 Å². The second-order valence-corrected chi connectivity index (χ2v) is 8.50. The Bertz CT molecular complexity index is 656. The second kappa shape index (κ2) is 8.09. The number of amides is 1. The van der Waals surface area contributed by atoms with Crippen molar-refractivity contribution in [2.24, 2.45) is 5.92 Å². The van der Waals surface area contributed by atoms with Crippen LogP contribution in [-0.2, 0) is 10.0 Å². The summed E-state index contributed by atoms with van der Waals surface area (Å²) in [7, 11) is -3.53. The first kappa shape index (κ1) is 18.9. The van der Waals surface area contributed by atoms with Crippen molar-refractivity contribution in [2.45, 2.75) is 50.6 Å². The van der Waals surface area contributed by atoms with Gasteiger partial charge in [-0.15, -0.1) is 0 Å². The molecule has 0 aliphatic carbocycles. The van der Waals surface area contributed by atoms with Crippen molar-refractivity contribution in [3.63, 3.8) is 0 Å². The van der Waals surface area contributed by atoms with Gasteiger partial charge in [0.05, 0.1) is 4.90 Å². The van der Waals surface area contributed by atoms with Gasteiger partial charge >= 0.3 is 0 Å². The number of carbonyl (C=O) groups is 1. The summed E-state index contributed by atoms with van der Waals surface area (Å²) in [5.74, 6) is 0.0607. The van der Waals surface area contributed by atoms with Gasteiger partial charge in [-0.05, 0) is 56.5 Å². The number of carbonyl (C=O) groups excluding carboxylic acids is 1. The van der Waals surface area contributed by atoms with Crippen LogP contribution in [-0.4, -0.2) is 39.5 Å². The lowest BCUT2D eigenvalue weighted by atomic mass is 9.99. The monoisotopic (exact) mass is 353 g/mol. The van der Waals surface area contributed by atoms with Crippen molar-refractivity contribution in [3.05, 3.63) is 29.8 Å². The number of hydrogen-bond donors (Lipinski definition) is 3. The molecule has 1 aliphatic rings. The number of piperidine rings is 1. The van der Waals surface area contributed by atoms with E-state index in [1.54, 1.807) is 12.1 Å². The lowest BCUT2D eigenvalue weighted by Crippen LogP contribution is -2.51. The van der Waals surface area contributed by atoms with Gasteiger partial charge in [-0.25, -0.2) is 13.1 Å². The van der Waals surface area contributed by atoms with Crippen molar-refractivity contribution >= 4 is 15.9 Å². The van der Waals surface area contributed by atoms with E-state index in [-0.39, 0.29) is 28.8 Å². The Morgan fingerprint density at radius 3 is 2.54 bits per heavy atom. The normalized spacial score (nSPS) is 21.7. The summed E-state index contributed by atoms with van der Waals surface area (Å²) in [4.78, 5) is 12.5. The molecule has 1 amide bonds. The molecule has 6 nitrogen and oxygen atoms in total. The summed E-state index contributed by atoms with van der Waals surface area (Å²) in [6.07, 6.45) is 1.99. The summed E-state index contributed by atoms with van der Waals surface area (Å²) in [5.41, 5.74) is 0.468. The maximum absolute atomic E-state index is 12.3. The van der Waals surface area contributed by atoms with Gasteiger partial charge in [0.2, 0.25) is 10.0 Å². The molecule has 2 atom stereocenters. The van der Waals surface area contributed by atoms with Crippen molar-refractivity contribution < 1.29 is 13.2 Å². The molecule has 0 saturated carbocycles. The summed E-state index contributed by atoms with van der Waals surface area (Å²) < 4.78 is 26.9. The molecule has 24 heavy (non-hydrogen) atoms. The largest absolute Gasteiger partial charge is 0.348 e. The summed E-state index contributed by atoms with van der Waals surface area (Å²) >= 11 is 0. The van der Waals surface area contributed by atoms with Gasteiger partial charge in [0.15, 0.2) is 0 Å². The zero-order chi connectivity index (χ0) is 17.7. The molecule has 7 heteroatoms. The number of hydrogen-bond acceptors (Lipinski definition) is 4. The third kappa shape index (κ3) is 5.03. The predicted molar refractivity (Wildman–Crippen MR) is 94.4 cm³/mol. The molecule has 1 aromatic rings. The standard InChI is InChI=1S/C17H27N3O3S/c1-12(2)11-19-24(22,23)15-8-6-14(7-9-15)17(21)20-16-5-4-10-18-13(16)3/h6-9,12-13,16,18-19H,4-5,10-11H2,1-3H3,(H,20,21). The lowest BCUT2D eigenvalue weighted by molar-refractivity contribution is 0.0919. The van der Waals surface area contributed by atoms with E-state index in [0.717, 1.165) is 19.4 Å². The topological polar surface area (TPSA) is 87.3 Å². The number of sulfonamides is 1. The fourth-order valence-corrected chi connectivity index (χ4v) is 3.85. The van der Waals surface area contributed by atoms with E-state index < -0.39 is 10.0 Å². The summed E-state index contributed by atoms with van der Waals surface area (Å²) in [6, 6.07) is 6.39. The second-order valence-electron chi connectivity index (χ2n) is 6.74. The lowest BCUT2D eigenvalue weighted by Gasteiger charge is -2.30. The van der Waals surface area contributed by atoms with E-state index in [9.17, 15) is 13.2 Å². The molecule has 2 unspecified atom stereocenters. The van der Waals surface area contributed by atoms with E-state index in [2.05, 4.69) is 22.3 Å².